The second-order valence-electron chi connectivity index (χ2n) is 10.7. The number of carbonyl (C=O) groups excluding carboxylic acids is 1. The van der Waals surface area contributed by atoms with Gasteiger partial charge < -0.3 is 43.7 Å². The molecule has 0 bridgehead atoms. The summed E-state index contributed by atoms with van der Waals surface area (Å²) < 4.78 is 72.2. The zero-order valence-corrected chi connectivity index (χ0v) is 27.0. The number of aliphatic carboxylic acids is 1. The monoisotopic (exact) mass is 692 g/mol. The fourth-order valence-electron chi connectivity index (χ4n) is 4.68. The third kappa shape index (κ3) is 12.2. The molecule has 3 heterocycles. The van der Waals surface area contributed by atoms with Gasteiger partial charge in [-0.15, -0.1) is 0 Å². The number of anilines is 2. The molecule has 1 fully saturated rings. The maximum absolute atomic E-state index is 13.2. The summed E-state index contributed by atoms with van der Waals surface area (Å²) in [4.78, 5) is 34.3. The van der Waals surface area contributed by atoms with Crippen LogP contribution in [0.1, 0.15) is 21.6 Å². The second-order valence-corrected chi connectivity index (χ2v) is 10.7. The molecular weight excluding hydrogens is 653 g/mol. The summed E-state index contributed by atoms with van der Waals surface area (Å²) in [5.41, 5.74) is 2.06. The Balaban J connectivity index is 1.31. The van der Waals surface area contributed by atoms with Crippen LogP contribution < -0.4 is 15.0 Å². The van der Waals surface area contributed by atoms with E-state index in [0.717, 1.165) is 17.8 Å². The van der Waals surface area contributed by atoms with Crippen LogP contribution in [0.3, 0.4) is 0 Å². The number of benzene rings is 1. The highest BCUT2D eigenvalue weighted by Gasteiger charge is 2.31. The maximum atomic E-state index is 13.2. The Hall–Kier alpha value is -4.35. The van der Waals surface area contributed by atoms with Crippen molar-refractivity contribution in [2.75, 3.05) is 96.0 Å². The molecule has 0 aliphatic carbocycles. The number of nitrogens with one attached hydrogen (secondary N) is 1. The van der Waals surface area contributed by atoms with Gasteiger partial charge in [0.15, 0.2) is 0 Å². The lowest BCUT2D eigenvalue weighted by molar-refractivity contribution is -0.142. The molecule has 49 heavy (non-hydrogen) atoms. The normalized spacial score (nSPS) is 13.3. The van der Waals surface area contributed by atoms with Crippen molar-refractivity contribution in [2.45, 2.75) is 13.1 Å². The molecular formula is C33H39F3N4O9. The Bertz CT molecular complexity index is 1520. The SMILES string of the molecule is Cc1ncc(NC(=O)c2cccc(C(F)(F)F)c2)cc1-c1cnc(OCCOCCOCCOCCOCC(=O)O)c(N2CCOCC2)c1. The number of pyridine rings is 2. The van der Waals surface area contributed by atoms with Crippen LogP contribution in [0, 0.1) is 6.92 Å². The maximum Gasteiger partial charge on any atom is 0.416 e. The van der Waals surface area contributed by atoms with E-state index in [4.69, 9.17) is 33.5 Å². The number of nitrogens with zero attached hydrogens (tertiary/aromatic N) is 3. The number of ether oxygens (including phenoxy) is 6. The minimum absolute atomic E-state index is 0.130. The number of aromatic nitrogens is 2. The lowest BCUT2D eigenvalue weighted by atomic mass is 10.0. The second kappa shape index (κ2) is 19.0. The van der Waals surface area contributed by atoms with E-state index >= 15 is 0 Å². The highest BCUT2D eigenvalue weighted by atomic mass is 19.4. The van der Waals surface area contributed by atoms with Gasteiger partial charge in [-0.1, -0.05) is 6.07 Å². The predicted molar refractivity (Wildman–Crippen MR) is 171 cm³/mol. The molecule has 1 aliphatic rings. The van der Waals surface area contributed by atoms with Crippen LogP contribution >= 0.6 is 0 Å². The van der Waals surface area contributed by atoms with Crippen LogP contribution in [-0.4, -0.2) is 113 Å². The number of halogens is 3. The molecule has 16 heteroatoms. The number of aryl methyl sites for hydroxylation is 1. The van der Waals surface area contributed by atoms with Crippen LogP contribution in [0.15, 0.2) is 48.8 Å². The van der Waals surface area contributed by atoms with Gasteiger partial charge in [-0.05, 0) is 37.3 Å². The first-order chi connectivity index (χ1) is 23.6. The Morgan fingerprint density at radius 1 is 0.898 bits per heavy atom. The fourth-order valence-corrected chi connectivity index (χ4v) is 4.68. The molecule has 0 saturated carbocycles. The Morgan fingerprint density at radius 2 is 1.55 bits per heavy atom. The van der Waals surface area contributed by atoms with Gasteiger partial charge in [-0.2, -0.15) is 13.2 Å². The Labute approximate surface area is 281 Å². The van der Waals surface area contributed by atoms with Gasteiger partial charge in [-0.25, -0.2) is 9.78 Å². The number of hydrogen-bond acceptors (Lipinski definition) is 11. The highest BCUT2D eigenvalue weighted by molar-refractivity contribution is 6.04. The first-order valence-corrected chi connectivity index (χ1v) is 15.6. The largest absolute Gasteiger partial charge is 0.480 e. The Morgan fingerprint density at radius 3 is 2.20 bits per heavy atom. The number of carboxylic acids is 1. The van der Waals surface area contributed by atoms with Gasteiger partial charge in [0.1, 0.15) is 18.9 Å². The van der Waals surface area contributed by atoms with E-state index in [1.807, 2.05) is 6.07 Å². The molecule has 1 saturated heterocycles. The van der Waals surface area contributed by atoms with Gasteiger partial charge in [0.2, 0.25) is 5.88 Å². The summed E-state index contributed by atoms with van der Waals surface area (Å²) in [6.45, 7) is 6.18. The zero-order chi connectivity index (χ0) is 35.1. The number of carbonyl (C=O) groups is 2. The molecule has 0 unspecified atom stereocenters. The van der Waals surface area contributed by atoms with Gasteiger partial charge >= 0.3 is 12.1 Å². The van der Waals surface area contributed by atoms with E-state index in [0.29, 0.717) is 87.7 Å². The molecule has 0 spiro atoms. The van der Waals surface area contributed by atoms with Crippen LogP contribution in [-0.2, 0) is 34.7 Å². The molecule has 1 aliphatic heterocycles. The predicted octanol–water partition coefficient (Wildman–Crippen LogP) is 4.09. The molecule has 1 aromatic carbocycles. The van der Waals surface area contributed by atoms with E-state index in [1.165, 1.54) is 18.3 Å². The highest BCUT2D eigenvalue weighted by Crippen LogP contribution is 2.34. The number of morpholine rings is 1. The van der Waals surface area contributed by atoms with E-state index in [2.05, 4.69) is 20.2 Å². The molecule has 4 rings (SSSR count). The fraction of sp³-hybridized carbons (Fsp3) is 0.455. The van der Waals surface area contributed by atoms with Crippen molar-refractivity contribution in [3.8, 4) is 17.0 Å². The number of amides is 1. The molecule has 0 atom stereocenters. The molecule has 13 nitrogen and oxygen atoms in total. The minimum Gasteiger partial charge on any atom is -0.480 e. The first kappa shape index (κ1) is 37.5. The van der Waals surface area contributed by atoms with Crippen LogP contribution in [0.25, 0.3) is 11.1 Å². The Kier molecular flexibility index (Phi) is 14.5. The number of hydrogen-bond donors (Lipinski definition) is 2. The van der Waals surface area contributed by atoms with Crippen molar-refractivity contribution in [3.63, 3.8) is 0 Å². The van der Waals surface area contributed by atoms with Crippen molar-refractivity contribution in [2.24, 2.45) is 0 Å². The van der Waals surface area contributed by atoms with Gasteiger partial charge in [0.05, 0.1) is 76.9 Å². The molecule has 2 N–H and O–H groups in total. The van der Waals surface area contributed by atoms with Crippen molar-refractivity contribution in [3.05, 3.63) is 65.6 Å². The minimum atomic E-state index is -4.57. The average Bonchev–Trinajstić information content (AvgIpc) is 3.09. The van der Waals surface area contributed by atoms with Crippen LogP contribution in [0.2, 0.25) is 0 Å². The van der Waals surface area contributed by atoms with E-state index in [9.17, 15) is 22.8 Å². The number of rotatable bonds is 19. The standard InChI is InChI=1S/C33H39F3N4O9/c1-23-28(19-27(21-37-23)39-31(43)24-3-2-4-26(17-24)33(34,35)36)25-18-29(40-5-7-44-8-6-40)32(38-20-25)49-16-15-47-12-11-45-9-10-46-13-14-48-22-30(41)42/h2-4,17-21H,5-16,22H2,1H3,(H,39,43)(H,41,42). The molecule has 3 aromatic rings. The lowest BCUT2D eigenvalue weighted by Gasteiger charge is -2.30. The van der Waals surface area contributed by atoms with Gasteiger partial charge in [0, 0.05) is 41.7 Å². The van der Waals surface area contributed by atoms with Gasteiger partial charge in [-0.3, -0.25) is 9.78 Å². The number of carboxylic acid groups (broad SMARTS) is 1. The molecule has 266 valence electrons. The zero-order valence-electron chi connectivity index (χ0n) is 27.0. The van der Waals surface area contributed by atoms with Crippen LogP contribution in [0.4, 0.5) is 24.5 Å². The van der Waals surface area contributed by atoms with E-state index < -0.39 is 23.6 Å². The summed E-state index contributed by atoms with van der Waals surface area (Å²) in [6.07, 6.45) is -1.49. The third-order valence-electron chi connectivity index (χ3n) is 7.10. The van der Waals surface area contributed by atoms with Crippen molar-refractivity contribution < 1.29 is 56.3 Å². The molecule has 0 radical (unpaired) electrons. The molecule has 1 amide bonds. The summed E-state index contributed by atoms with van der Waals surface area (Å²) in [7, 11) is 0. The van der Waals surface area contributed by atoms with Crippen molar-refractivity contribution in [1.29, 1.82) is 0 Å². The van der Waals surface area contributed by atoms with E-state index in [1.54, 1.807) is 19.2 Å². The molecule has 2 aromatic heterocycles. The smallest absolute Gasteiger partial charge is 0.416 e. The third-order valence-corrected chi connectivity index (χ3v) is 7.10. The van der Waals surface area contributed by atoms with Gasteiger partial charge in [0.25, 0.3) is 5.91 Å². The summed E-state index contributed by atoms with van der Waals surface area (Å²) in [5.74, 6) is -1.31. The van der Waals surface area contributed by atoms with Crippen molar-refractivity contribution >= 4 is 23.3 Å². The van der Waals surface area contributed by atoms with Crippen molar-refractivity contribution in [1.82, 2.24) is 9.97 Å². The average molecular weight is 693 g/mol. The summed E-state index contributed by atoms with van der Waals surface area (Å²) >= 11 is 0. The lowest BCUT2D eigenvalue weighted by Crippen LogP contribution is -2.36. The quantitative estimate of drug-likeness (QED) is 0.174. The first-order valence-electron chi connectivity index (χ1n) is 15.6. The number of alkyl halides is 3. The summed E-state index contributed by atoms with van der Waals surface area (Å²) in [6, 6.07) is 7.84. The topological polar surface area (TPSA) is 151 Å². The summed E-state index contributed by atoms with van der Waals surface area (Å²) in [5, 5.41) is 11.1. The van der Waals surface area contributed by atoms with E-state index in [-0.39, 0.29) is 32.0 Å². The van der Waals surface area contributed by atoms with Crippen LogP contribution in [0.5, 0.6) is 5.88 Å².